The smallest absolute Gasteiger partial charge is 0.0998 e. The molecule has 7 rings (SSSR count). The molecule has 0 saturated heterocycles. The maximum Gasteiger partial charge on any atom is 0.0998 e. The normalized spacial score (nSPS) is 10.4. The van der Waals surface area contributed by atoms with Crippen LogP contribution < -0.4 is 0 Å². The van der Waals surface area contributed by atoms with Crippen LogP contribution in [0.2, 0.25) is 0 Å². The summed E-state index contributed by atoms with van der Waals surface area (Å²) in [5.74, 6) is 0. The lowest BCUT2D eigenvalue weighted by molar-refractivity contribution is 1.18. The molecule has 0 amide bonds. The second-order valence-electron chi connectivity index (χ2n) is 10.8. The van der Waals surface area contributed by atoms with E-state index in [2.05, 4.69) is 39.9 Å². The Morgan fingerprint density at radius 1 is 0.426 bits per heavy atom. The zero-order valence-electron chi connectivity index (χ0n) is 24.6. The molecule has 47 heavy (non-hydrogen) atoms. The average Bonchev–Trinajstić information content (AvgIpc) is 3.47. The van der Waals surface area contributed by atoms with Gasteiger partial charge < -0.3 is 4.57 Å². The third-order valence-corrected chi connectivity index (χ3v) is 8.30. The minimum absolute atomic E-state index is 0.401. The van der Waals surface area contributed by atoms with Gasteiger partial charge in [-0.3, -0.25) is 4.98 Å². The Morgan fingerprint density at radius 2 is 0.957 bits per heavy atom. The van der Waals surface area contributed by atoms with Crippen molar-refractivity contribution in [3.63, 3.8) is 0 Å². The van der Waals surface area contributed by atoms with E-state index in [-0.39, 0.29) is 0 Å². The van der Waals surface area contributed by atoms with E-state index in [1.54, 1.807) is 48.8 Å². The zero-order valence-corrected chi connectivity index (χ0v) is 24.6. The summed E-state index contributed by atoms with van der Waals surface area (Å²) in [6, 6.07) is 42.6. The SMILES string of the molecule is N#Cc1ccc(-c2ccc3c(c2)c2cc(-c4ccc(C#N)cc4C#N)ccc2n3-c2ccc(C#N)c(-c3ccncc3)c2)c(C#N)c1. The van der Waals surface area contributed by atoms with E-state index in [4.69, 9.17) is 0 Å². The standard InChI is InChI=1S/C40H19N7/c41-20-25-1-7-34(31(15-25)23-44)28-4-9-39-37(17-28)38-18-29(35-8-2-26(21-42)16-32(35)24-45)5-10-40(38)47(39)33-6-3-30(22-43)36(19-33)27-11-13-46-14-12-27/h1-19H. The molecule has 0 atom stereocenters. The molecule has 0 aliphatic carbocycles. The quantitative estimate of drug-likeness (QED) is 0.199. The van der Waals surface area contributed by atoms with Gasteiger partial charge in [0.05, 0.1) is 69.2 Å². The van der Waals surface area contributed by atoms with Crippen LogP contribution in [0.5, 0.6) is 0 Å². The van der Waals surface area contributed by atoms with Gasteiger partial charge in [-0.05, 0) is 107 Å². The van der Waals surface area contributed by atoms with E-state index in [0.29, 0.717) is 38.9 Å². The number of hydrogen-bond donors (Lipinski definition) is 0. The Bertz CT molecular complexity index is 2500. The van der Waals surface area contributed by atoms with Crippen LogP contribution in [0.15, 0.2) is 116 Å². The van der Waals surface area contributed by atoms with Crippen molar-refractivity contribution in [1.82, 2.24) is 9.55 Å². The molecular weight excluding hydrogens is 578 g/mol. The predicted octanol–water partition coefficient (Wildman–Crippen LogP) is 8.54. The Hall–Kier alpha value is -7.50. The van der Waals surface area contributed by atoms with Crippen molar-refractivity contribution in [2.75, 3.05) is 0 Å². The van der Waals surface area contributed by atoms with Crippen LogP contribution in [-0.4, -0.2) is 9.55 Å². The third-order valence-electron chi connectivity index (χ3n) is 8.30. The Balaban J connectivity index is 1.52. The van der Waals surface area contributed by atoms with Gasteiger partial charge in [0, 0.05) is 34.4 Å². The fraction of sp³-hybridized carbons (Fsp3) is 0. The lowest BCUT2D eigenvalue weighted by Gasteiger charge is -2.12. The van der Waals surface area contributed by atoms with Crippen molar-refractivity contribution in [3.05, 3.63) is 143 Å². The van der Waals surface area contributed by atoms with Crippen LogP contribution in [0, 0.1) is 56.7 Å². The minimum atomic E-state index is 0.401. The summed E-state index contributed by atoms with van der Waals surface area (Å²) in [4.78, 5) is 4.13. The van der Waals surface area contributed by atoms with Crippen LogP contribution >= 0.6 is 0 Å². The number of benzene rings is 5. The van der Waals surface area contributed by atoms with E-state index in [1.165, 1.54) is 0 Å². The lowest BCUT2D eigenvalue weighted by Crippen LogP contribution is -1.96. The molecule has 0 unspecified atom stereocenters. The molecule has 0 spiro atoms. The van der Waals surface area contributed by atoms with E-state index in [0.717, 1.165) is 49.7 Å². The number of pyridine rings is 1. The topological polar surface area (TPSA) is 137 Å². The first-order chi connectivity index (χ1) is 23.1. The number of aromatic nitrogens is 2. The third kappa shape index (κ3) is 4.79. The minimum Gasteiger partial charge on any atom is -0.309 e. The fourth-order valence-electron chi connectivity index (χ4n) is 6.09. The van der Waals surface area contributed by atoms with Crippen molar-refractivity contribution in [1.29, 1.82) is 26.3 Å². The summed E-state index contributed by atoms with van der Waals surface area (Å²) >= 11 is 0. The van der Waals surface area contributed by atoms with Crippen molar-refractivity contribution in [3.8, 4) is 69.4 Å². The van der Waals surface area contributed by atoms with Crippen molar-refractivity contribution in [2.24, 2.45) is 0 Å². The van der Waals surface area contributed by atoms with Gasteiger partial charge in [-0.25, -0.2) is 0 Å². The second kappa shape index (κ2) is 11.5. The molecule has 0 N–H and O–H groups in total. The van der Waals surface area contributed by atoms with Gasteiger partial charge in [0.1, 0.15) is 0 Å². The molecule has 5 aromatic carbocycles. The highest BCUT2D eigenvalue weighted by molar-refractivity contribution is 6.12. The number of fused-ring (bicyclic) bond motifs is 3. The first-order valence-electron chi connectivity index (χ1n) is 14.5. The molecule has 214 valence electrons. The maximum atomic E-state index is 9.92. The molecule has 0 aliphatic rings. The maximum absolute atomic E-state index is 9.92. The number of nitrogens with zero attached hydrogens (tertiary/aromatic N) is 7. The summed E-state index contributed by atoms with van der Waals surface area (Å²) in [5.41, 5.74) is 9.53. The first-order valence-corrected chi connectivity index (χ1v) is 14.5. The van der Waals surface area contributed by atoms with Crippen LogP contribution in [-0.2, 0) is 0 Å². The molecule has 2 aromatic heterocycles. The second-order valence-corrected chi connectivity index (χ2v) is 10.8. The largest absolute Gasteiger partial charge is 0.309 e. The molecule has 0 saturated carbocycles. The molecule has 0 aliphatic heterocycles. The number of nitriles is 5. The summed E-state index contributed by atoms with van der Waals surface area (Å²) in [5, 5.41) is 50.3. The summed E-state index contributed by atoms with van der Waals surface area (Å²) in [7, 11) is 0. The van der Waals surface area contributed by atoms with Crippen LogP contribution in [0.1, 0.15) is 27.8 Å². The van der Waals surface area contributed by atoms with Crippen molar-refractivity contribution >= 4 is 21.8 Å². The van der Waals surface area contributed by atoms with E-state index in [9.17, 15) is 26.3 Å². The molecular formula is C40H19N7. The number of hydrogen-bond acceptors (Lipinski definition) is 6. The molecule has 2 heterocycles. The summed E-state index contributed by atoms with van der Waals surface area (Å²) < 4.78 is 2.14. The van der Waals surface area contributed by atoms with Crippen LogP contribution in [0.3, 0.4) is 0 Å². The lowest BCUT2D eigenvalue weighted by atomic mass is 9.95. The van der Waals surface area contributed by atoms with E-state index >= 15 is 0 Å². The van der Waals surface area contributed by atoms with E-state index in [1.807, 2.05) is 66.7 Å². The van der Waals surface area contributed by atoms with Gasteiger partial charge in [0.2, 0.25) is 0 Å². The molecule has 7 heteroatoms. The van der Waals surface area contributed by atoms with Gasteiger partial charge in [0.15, 0.2) is 0 Å². The average molecular weight is 598 g/mol. The zero-order chi connectivity index (χ0) is 32.5. The van der Waals surface area contributed by atoms with Gasteiger partial charge in [0.25, 0.3) is 0 Å². The van der Waals surface area contributed by atoms with E-state index < -0.39 is 0 Å². The van der Waals surface area contributed by atoms with Crippen molar-refractivity contribution < 1.29 is 0 Å². The Kier molecular flexibility index (Phi) is 6.94. The Labute approximate surface area is 269 Å². The summed E-state index contributed by atoms with van der Waals surface area (Å²) in [6.07, 6.45) is 3.40. The van der Waals surface area contributed by atoms with Gasteiger partial charge >= 0.3 is 0 Å². The Morgan fingerprint density at radius 3 is 1.45 bits per heavy atom. The van der Waals surface area contributed by atoms with Crippen LogP contribution in [0.25, 0.3) is 60.9 Å². The number of rotatable bonds is 4. The van der Waals surface area contributed by atoms with Crippen molar-refractivity contribution in [2.45, 2.75) is 0 Å². The molecule has 0 radical (unpaired) electrons. The molecule has 7 aromatic rings. The molecule has 0 bridgehead atoms. The molecule has 0 fully saturated rings. The first kappa shape index (κ1) is 28.3. The highest BCUT2D eigenvalue weighted by atomic mass is 15.0. The van der Waals surface area contributed by atoms with Gasteiger partial charge in [-0.2, -0.15) is 26.3 Å². The van der Waals surface area contributed by atoms with Gasteiger partial charge in [-0.15, -0.1) is 0 Å². The highest BCUT2D eigenvalue weighted by Crippen LogP contribution is 2.39. The van der Waals surface area contributed by atoms with Gasteiger partial charge in [-0.1, -0.05) is 24.3 Å². The summed E-state index contributed by atoms with van der Waals surface area (Å²) in [6.45, 7) is 0. The highest BCUT2D eigenvalue weighted by Gasteiger charge is 2.18. The van der Waals surface area contributed by atoms with Crippen LogP contribution in [0.4, 0.5) is 0 Å². The predicted molar refractivity (Wildman–Crippen MR) is 178 cm³/mol. The fourth-order valence-corrected chi connectivity index (χ4v) is 6.09. The molecule has 7 nitrogen and oxygen atoms in total. The monoisotopic (exact) mass is 597 g/mol.